The molecular formula is C25H16N4O7. The second kappa shape index (κ2) is 9.14. The number of nitro groups is 1. The summed E-state index contributed by atoms with van der Waals surface area (Å²) < 4.78 is 12.2. The molecule has 3 aromatic carbocycles. The molecule has 0 amide bonds. The van der Waals surface area contributed by atoms with Crippen LogP contribution in [0, 0.1) is 10.1 Å². The molecule has 11 nitrogen and oxygen atoms in total. The molecule has 2 aromatic heterocycles. The van der Waals surface area contributed by atoms with Crippen molar-refractivity contribution in [2.24, 2.45) is 5.10 Å². The zero-order valence-corrected chi connectivity index (χ0v) is 18.4. The SMILES string of the molecule is O=C(O)COc1ccc([N+](=O)[O-])cc1C=Nn1c(-c2cc3ccccc3o2)nc2ccccc2c1=O. The summed E-state index contributed by atoms with van der Waals surface area (Å²) in [5.74, 6) is -0.778. The molecule has 0 radical (unpaired) electrons. The molecular weight excluding hydrogens is 468 g/mol. The van der Waals surface area contributed by atoms with E-state index in [0.29, 0.717) is 16.5 Å². The number of fused-ring (bicyclic) bond motifs is 2. The number of hydrogen-bond acceptors (Lipinski definition) is 8. The predicted molar refractivity (Wildman–Crippen MR) is 130 cm³/mol. The van der Waals surface area contributed by atoms with Gasteiger partial charge in [-0.1, -0.05) is 30.3 Å². The number of aromatic nitrogens is 2. The van der Waals surface area contributed by atoms with Crippen LogP contribution in [0.3, 0.4) is 0 Å². The molecule has 0 saturated carbocycles. The number of rotatable bonds is 7. The highest BCUT2D eigenvalue weighted by Gasteiger charge is 2.17. The van der Waals surface area contributed by atoms with Gasteiger partial charge in [-0.2, -0.15) is 9.78 Å². The average molecular weight is 484 g/mol. The molecule has 0 atom stereocenters. The minimum atomic E-state index is -1.22. The molecule has 11 heteroatoms. The van der Waals surface area contributed by atoms with Crippen LogP contribution in [0.2, 0.25) is 0 Å². The van der Waals surface area contributed by atoms with Gasteiger partial charge in [0.25, 0.3) is 11.2 Å². The standard InChI is InChI=1S/C25H16N4O7/c30-23(31)14-35-20-10-9-17(29(33)34)11-16(20)13-26-28-24(22-12-15-5-1-4-8-21(15)36-22)27-19-7-3-2-6-18(19)25(28)32/h1-13H,14H2,(H,30,31). The van der Waals surface area contributed by atoms with Gasteiger partial charge in [-0.05, 0) is 30.3 Å². The van der Waals surface area contributed by atoms with Crippen molar-refractivity contribution in [1.82, 2.24) is 9.66 Å². The van der Waals surface area contributed by atoms with Crippen LogP contribution in [0.5, 0.6) is 5.75 Å². The molecule has 5 aromatic rings. The number of benzene rings is 3. The number of furan rings is 1. The van der Waals surface area contributed by atoms with E-state index in [2.05, 4.69) is 10.1 Å². The van der Waals surface area contributed by atoms with Crippen molar-refractivity contribution >= 4 is 39.7 Å². The lowest BCUT2D eigenvalue weighted by atomic mass is 10.2. The fraction of sp³-hybridized carbons (Fsp3) is 0.0400. The van der Waals surface area contributed by atoms with Crippen LogP contribution in [0.15, 0.2) is 87.1 Å². The lowest BCUT2D eigenvalue weighted by Crippen LogP contribution is -2.20. The van der Waals surface area contributed by atoms with E-state index in [1.165, 1.54) is 24.4 Å². The first-order valence-corrected chi connectivity index (χ1v) is 10.6. The number of carboxylic acid groups (broad SMARTS) is 1. The van der Waals surface area contributed by atoms with E-state index < -0.39 is 23.1 Å². The number of hydrogen-bond donors (Lipinski definition) is 1. The average Bonchev–Trinajstić information content (AvgIpc) is 3.31. The number of nitro benzene ring substituents is 1. The molecule has 178 valence electrons. The first-order chi connectivity index (χ1) is 17.4. The fourth-order valence-electron chi connectivity index (χ4n) is 3.62. The lowest BCUT2D eigenvalue weighted by Gasteiger charge is -2.09. The summed E-state index contributed by atoms with van der Waals surface area (Å²) in [6.45, 7) is -0.666. The van der Waals surface area contributed by atoms with Crippen molar-refractivity contribution in [2.75, 3.05) is 6.61 Å². The molecule has 0 aliphatic carbocycles. The van der Waals surface area contributed by atoms with E-state index in [4.69, 9.17) is 14.3 Å². The van der Waals surface area contributed by atoms with Crippen molar-refractivity contribution in [1.29, 1.82) is 0 Å². The van der Waals surface area contributed by atoms with Crippen LogP contribution in [-0.2, 0) is 4.79 Å². The predicted octanol–water partition coefficient (Wildman–Crippen LogP) is 4.06. The molecule has 0 unspecified atom stereocenters. The van der Waals surface area contributed by atoms with Crippen LogP contribution in [0.4, 0.5) is 5.69 Å². The second-order valence-electron chi connectivity index (χ2n) is 7.62. The van der Waals surface area contributed by atoms with Gasteiger partial charge in [-0.15, -0.1) is 0 Å². The monoisotopic (exact) mass is 484 g/mol. The Balaban J connectivity index is 1.69. The van der Waals surface area contributed by atoms with Crippen molar-refractivity contribution < 1.29 is 24.0 Å². The van der Waals surface area contributed by atoms with E-state index in [0.717, 1.165) is 10.1 Å². The smallest absolute Gasteiger partial charge is 0.341 e. The molecule has 0 bridgehead atoms. The van der Waals surface area contributed by atoms with Crippen LogP contribution in [0.1, 0.15) is 5.56 Å². The van der Waals surface area contributed by atoms with Gasteiger partial charge in [0.15, 0.2) is 12.4 Å². The molecule has 0 fully saturated rings. The maximum Gasteiger partial charge on any atom is 0.341 e. The first kappa shape index (κ1) is 22.5. The number of non-ortho nitro benzene ring substituents is 1. The third kappa shape index (κ3) is 4.28. The van der Waals surface area contributed by atoms with Crippen molar-refractivity contribution in [3.05, 3.63) is 98.8 Å². The summed E-state index contributed by atoms with van der Waals surface area (Å²) in [5, 5.41) is 25.6. The summed E-state index contributed by atoms with van der Waals surface area (Å²) >= 11 is 0. The largest absolute Gasteiger partial charge is 0.481 e. The van der Waals surface area contributed by atoms with E-state index >= 15 is 0 Å². The van der Waals surface area contributed by atoms with E-state index in [1.54, 1.807) is 36.4 Å². The molecule has 1 N–H and O–H groups in total. The van der Waals surface area contributed by atoms with Crippen molar-refractivity contribution in [3.8, 4) is 17.3 Å². The summed E-state index contributed by atoms with van der Waals surface area (Å²) in [4.78, 5) is 39.6. The maximum absolute atomic E-state index is 13.4. The molecule has 36 heavy (non-hydrogen) atoms. The summed E-state index contributed by atoms with van der Waals surface area (Å²) in [5.41, 5.74) is 0.367. The Bertz CT molecular complexity index is 1700. The van der Waals surface area contributed by atoms with E-state index in [1.807, 2.05) is 18.2 Å². The Hall–Kier alpha value is -5.32. The van der Waals surface area contributed by atoms with Crippen LogP contribution >= 0.6 is 0 Å². The Morgan fingerprint density at radius 1 is 1.14 bits per heavy atom. The number of nitrogens with zero attached hydrogens (tertiary/aromatic N) is 4. The number of carboxylic acids is 1. The van der Waals surface area contributed by atoms with Gasteiger partial charge in [-0.3, -0.25) is 14.9 Å². The van der Waals surface area contributed by atoms with E-state index in [9.17, 15) is 19.7 Å². The van der Waals surface area contributed by atoms with Gasteiger partial charge in [0.2, 0.25) is 5.82 Å². The van der Waals surface area contributed by atoms with Crippen molar-refractivity contribution in [2.45, 2.75) is 0 Å². The van der Waals surface area contributed by atoms with E-state index in [-0.39, 0.29) is 28.6 Å². The van der Waals surface area contributed by atoms with Crippen LogP contribution in [-0.4, -0.2) is 38.5 Å². The third-order valence-electron chi connectivity index (χ3n) is 5.27. The van der Waals surface area contributed by atoms with Gasteiger partial charge in [0.1, 0.15) is 11.3 Å². The minimum absolute atomic E-state index is 0.0406. The molecule has 0 spiro atoms. The summed E-state index contributed by atoms with van der Waals surface area (Å²) in [6, 6.07) is 19.4. The number of aliphatic carboxylic acids is 1. The molecule has 5 rings (SSSR count). The van der Waals surface area contributed by atoms with Gasteiger partial charge in [0, 0.05) is 23.1 Å². The summed E-state index contributed by atoms with van der Waals surface area (Å²) in [7, 11) is 0. The second-order valence-corrected chi connectivity index (χ2v) is 7.62. The molecule has 0 aliphatic heterocycles. The van der Waals surface area contributed by atoms with Gasteiger partial charge in [-0.25, -0.2) is 9.78 Å². The Morgan fingerprint density at radius 3 is 2.69 bits per heavy atom. The van der Waals surface area contributed by atoms with Gasteiger partial charge in [0.05, 0.1) is 22.0 Å². The number of carbonyl (C=O) groups is 1. The molecule has 2 heterocycles. The molecule has 0 aliphatic rings. The zero-order chi connectivity index (χ0) is 25.2. The minimum Gasteiger partial charge on any atom is -0.481 e. The Morgan fingerprint density at radius 2 is 1.92 bits per heavy atom. The number of para-hydroxylation sites is 2. The Kier molecular flexibility index (Phi) is 5.71. The molecule has 0 saturated heterocycles. The highest BCUT2D eigenvalue weighted by atomic mass is 16.6. The first-order valence-electron chi connectivity index (χ1n) is 10.6. The third-order valence-corrected chi connectivity index (χ3v) is 5.27. The Labute approximate surface area is 201 Å². The lowest BCUT2D eigenvalue weighted by molar-refractivity contribution is -0.384. The quantitative estimate of drug-likeness (QED) is 0.206. The highest BCUT2D eigenvalue weighted by Crippen LogP contribution is 2.27. The van der Waals surface area contributed by atoms with Crippen molar-refractivity contribution in [3.63, 3.8) is 0 Å². The van der Waals surface area contributed by atoms with Gasteiger partial charge >= 0.3 is 5.97 Å². The summed E-state index contributed by atoms with van der Waals surface area (Å²) in [6.07, 6.45) is 1.17. The van der Waals surface area contributed by atoms with Gasteiger partial charge < -0.3 is 14.3 Å². The zero-order valence-electron chi connectivity index (χ0n) is 18.4. The topological polar surface area (TPSA) is 150 Å². The van der Waals surface area contributed by atoms with Crippen LogP contribution in [0.25, 0.3) is 33.5 Å². The highest BCUT2D eigenvalue weighted by molar-refractivity contribution is 5.86. The fourth-order valence-corrected chi connectivity index (χ4v) is 3.62. The maximum atomic E-state index is 13.4. The number of ether oxygens (including phenoxy) is 1. The van der Waals surface area contributed by atoms with Crippen LogP contribution < -0.4 is 10.3 Å². The normalized spacial score (nSPS) is 11.3.